The van der Waals surface area contributed by atoms with Crippen LogP contribution in [0.2, 0.25) is 0 Å². The van der Waals surface area contributed by atoms with Crippen LogP contribution in [-0.4, -0.2) is 25.1 Å². The number of nitrogens with zero attached hydrogens (tertiary/aromatic N) is 1. The van der Waals surface area contributed by atoms with E-state index in [-0.39, 0.29) is 22.2 Å². The van der Waals surface area contributed by atoms with E-state index in [1.165, 1.54) is 0 Å². The number of hydrogen-bond acceptors (Lipinski definition) is 5. The van der Waals surface area contributed by atoms with Gasteiger partial charge in [0.15, 0.2) is 5.76 Å². The van der Waals surface area contributed by atoms with Crippen LogP contribution < -0.4 is 10.5 Å². The molecular formula is C8H13N3O3S2. The van der Waals surface area contributed by atoms with E-state index in [0.29, 0.717) is 12.1 Å². The fraction of sp³-hybridized carbons (Fsp3) is 0.500. The third-order valence-electron chi connectivity index (χ3n) is 1.90. The second-order valence-electron chi connectivity index (χ2n) is 3.27. The van der Waals surface area contributed by atoms with Crippen molar-refractivity contribution in [2.24, 2.45) is 5.73 Å². The lowest BCUT2D eigenvalue weighted by atomic mass is 10.4. The number of sulfonamides is 1. The third kappa shape index (κ3) is 3.00. The van der Waals surface area contributed by atoms with E-state index in [0.717, 1.165) is 0 Å². The molecule has 1 aromatic heterocycles. The highest BCUT2D eigenvalue weighted by atomic mass is 32.2. The van der Waals surface area contributed by atoms with Crippen LogP contribution in [0.25, 0.3) is 0 Å². The molecule has 8 heteroatoms. The molecule has 0 unspecified atom stereocenters. The van der Waals surface area contributed by atoms with Gasteiger partial charge in [0.05, 0.1) is 4.99 Å². The van der Waals surface area contributed by atoms with Gasteiger partial charge < -0.3 is 10.3 Å². The van der Waals surface area contributed by atoms with Gasteiger partial charge in [-0.15, -0.1) is 0 Å². The van der Waals surface area contributed by atoms with E-state index in [1.54, 1.807) is 13.8 Å². The molecule has 0 aromatic carbocycles. The molecule has 1 rings (SSSR count). The average Bonchev–Trinajstić information content (AvgIpc) is 2.45. The molecule has 0 atom stereocenters. The molecule has 0 radical (unpaired) electrons. The second kappa shape index (κ2) is 4.89. The fourth-order valence-electron chi connectivity index (χ4n) is 1.24. The van der Waals surface area contributed by atoms with E-state index >= 15 is 0 Å². The van der Waals surface area contributed by atoms with Crippen molar-refractivity contribution in [3.8, 4) is 0 Å². The van der Waals surface area contributed by atoms with Crippen LogP contribution in [0.4, 0.5) is 0 Å². The number of aromatic nitrogens is 1. The summed E-state index contributed by atoms with van der Waals surface area (Å²) < 4.78 is 30.8. The van der Waals surface area contributed by atoms with Gasteiger partial charge in [-0.25, -0.2) is 13.1 Å². The second-order valence-corrected chi connectivity index (χ2v) is 5.50. The molecule has 16 heavy (non-hydrogen) atoms. The summed E-state index contributed by atoms with van der Waals surface area (Å²) in [5.41, 5.74) is 5.60. The zero-order valence-electron chi connectivity index (χ0n) is 8.98. The van der Waals surface area contributed by atoms with Gasteiger partial charge in [-0.3, -0.25) is 0 Å². The van der Waals surface area contributed by atoms with E-state index < -0.39 is 10.0 Å². The number of aryl methyl sites for hydroxylation is 2. The van der Waals surface area contributed by atoms with Gasteiger partial charge in [0.25, 0.3) is 0 Å². The van der Waals surface area contributed by atoms with Crippen LogP contribution in [0.5, 0.6) is 0 Å². The highest BCUT2D eigenvalue weighted by molar-refractivity contribution is 7.89. The Labute approximate surface area is 99.2 Å². The van der Waals surface area contributed by atoms with Crippen molar-refractivity contribution < 1.29 is 12.9 Å². The molecule has 0 bridgehead atoms. The predicted octanol–water partition coefficient (Wildman–Crippen LogP) is 0.246. The maximum absolute atomic E-state index is 11.8. The molecule has 0 saturated carbocycles. The molecule has 0 aliphatic carbocycles. The van der Waals surface area contributed by atoms with E-state index in [1.807, 2.05) is 0 Å². The van der Waals surface area contributed by atoms with Gasteiger partial charge in [0.2, 0.25) is 10.0 Å². The van der Waals surface area contributed by atoms with Crippen LogP contribution in [0.3, 0.4) is 0 Å². The van der Waals surface area contributed by atoms with Gasteiger partial charge in [-0.05, 0) is 13.8 Å². The number of rotatable bonds is 5. The van der Waals surface area contributed by atoms with Crippen LogP contribution >= 0.6 is 12.2 Å². The Morgan fingerprint density at radius 2 is 2.19 bits per heavy atom. The zero-order valence-corrected chi connectivity index (χ0v) is 10.6. The lowest BCUT2D eigenvalue weighted by Crippen LogP contribution is -2.28. The monoisotopic (exact) mass is 263 g/mol. The van der Waals surface area contributed by atoms with Gasteiger partial charge in [0, 0.05) is 13.0 Å². The molecule has 6 nitrogen and oxygen atoms in total. The molecule has 0 amide bonds. The normalized spacial score (nSPS) is 11.6. The Morgan fingerprint density at radius 3 is 2.62 bits per heavy atom. The van der Waals surface area contributed by atoms with Gasteiger partial charge in [-0.2, -0.15) is 0 Å². The minimum atomic E-state index is -3.60. The van der Waals surface area contributed by atoms with Crippen molar-refractivity contribution in [2.45, 2.75) is 25.2 Å². The Kier molecular flexibility index (Phi) is 4.00. The lowest BCUT2D eigenvalue weighted by Gasteiger charge is -2.04. The highest BCUT2D eigenvalue weighted by Crippen LogP contribution is 2.18. The lowest BCUT2D eigenvalue weighted by molar-refractivity contribution is 0.390. The first-order chi connectivity index (χ1) is 7.34. The van der Waals surface area contributed by atoms with Gasteiger partial charge >= 0.3 is 0 Å². The predicted molar refractivity (Wildman–Crippen MR) is 62.6 cm³/mol. The minimum Gasteiger partial charge on any atom is -0.393 e. The summed E-state index contributed by atoms with van der Waals surface area (Å²) in [5.74, 6) is 0.264. The Morgan fingerprint density at radius 1 is 1.56 bits per heavy atom. The van der Waals surface area contributed by atoms with E-state index in [9.17, 15) is 8.42 Å². The van der Waals surface area contributed by atoms with Crippen LogP contribution in [-0.2, 0) is 10.0 Å². The fourth-order valence-corrected chi connectivity index (χ4v) is 2.70. The van der Waals surface area contributed by atoms with Crippen molar-refractivity contribution >= 4 is 27.2 Å². The molecule has 0 fully saturated rings. The first-order valence-electron chi connectivity index (χ1n) is 4.55. The van der Waals surface area contributed by atoms with Crippen LogP contribution in [0.15, 0.2) is 9.42 Å². The number of nitrogens with two attached hydrogens (primary N) is 1. The Balaban J connectivity index is 2.83. The molecule has 0 saturated heterocycles. The molecular weight excluding hydrogens is 250 g/mol. The number of hydrogen-bond donors (Lipinski definition) is 2. The molecule has 1 heterocycles. The smallest absolute Gasteiger partial charge is 0.245 e. The summed E-state index contributed by atoms with van der Waals surface area (Å²) in [6.45, 7) is 3.28. The van der Waals surface area contributed by atoms with E-state index in [4.69, 9.17) is 10.3 Å². The van der Waals surface area contributed by atoms with Crippen LogP contribution in [0.1, 0.15) is 17.9 Å². The van der Waals surface area contributed by atoms with Crippen molar-refractivity contribution in [2.75, 3.05) is 6.54 Å². The molecule has 90 valence electrons. The topological polar surface area (TPSA) is 98.2 Å². The Bertz CT molecular complexity index is 473. The quantitative estimate of drug-likeness (QED) is 0.739. The summed E-state index contributed by atoms with van der Waals surface area (Å²) in [4.78, 5) is 0.344. The SMILES string of the molecule is Cc1noc(C)c1S(=O)(=O)NCCC(N)=S. The molecule has 0 aliphatic heterocycles. The summed E-state index contributed by atoms with van der Waals surface area (Å²) in [6, 6.07) is 0. The summed E-state index contributed by atoms with van der Waals surface area (Å²) in [7, 11) is -3.60. The van der Waals surface area contributed by atoms with Crippen LogP contribution in [0, 0.1) is 13.8 Å². The van der Waals surface area contributed by atoms with Crippen molar-refractivity contribution in [3.63, 3.8) is 0 Å². The molecule has 3 N–H and O–H groups in total. The molecule has 1 aromatic rings. The van der Waals surface area contributed by atoms with Crippen molar-refractivity contribution in [1.82, 2.24) is 9.88 Å². The van der Waals surface area contributed by atoms with Crippen molar-refractivity contribution in [3.05, 3.63) is 11.5 Å². The first-order valence-corrected chi connectivity index (χ1v) is 6.44. The van der Waals surface area contributed by atoms with Gasteiger partial charge in [0.1, 0.15) is 10.6 Å². The largest absolute Gasteiger partial charge is 0.393 e. The minimum absolute atomic E-state index is 0.0791. The average molecular weight is 263 g/mol. The zero-order chi connectivity index (χ0) is 12.3. The Hall–Kier alpha value is -0.990. The molecule has 0 aliphatic rings. The standard InChI is InChI=1S/C8H13N3O3S2/c1-5-8(6(2)14-11-5)16(12,13)10-4-3-7(9)15/h10H,3-4H2,1-2H3,(H2,9,15). The third-order valence-corrected chi connectivity index (χ3v) is 3.81. The van der Waals surface area contributed by atoms with Gasteiger partial charge in [-0.1, -0.05) is 17.4 Å². The first kappa shape index (κ1) is 13.1. The summed E-state index contributed by atoms with van der Waals surface area (Å²) >= 11 is 4.65. The maximum atomic E-state index is 11.8. The maximum Gasteiger partial charge on any atom is 0.245 e. The summed E-state index contributed by atoms with van der Waals surface area (Å²) in [6.07, 6.45) is 0.317. The van der Waals surface area contributed by atoms with E-state index in [2.05, 4.69) is 22.1 Å². The number of nitrogens with one attached hydrogen (secondary N) is 1. The highest BCUT2D eigenvalue weighted by Gasteiger charge is 2.23. The molecule has 0 spiro atoms. The number of thiocarbonyl (C=S) groups is 1. The van der Waals surface area contributed by atoms with Crippen molar-refractivity contribution in [1.29, 1.82) is 0 Å². The summed E-state index contributed by atoms with van der Waals surface area (Å²) in [5, 5.41) is 3.58.